The molecule has 0 bridgehead atoms. The maximum Gasteiger partial charge on any atom is 0.321 e. The van der Waals surface area contributed by atoms with E-state index < -0.39 is 40.9 Å². The van der Waals surface area contributed by atoms with E-state index in [0.29, 0.717) is 11.1 Å². The van der Waals surface area contributed by atoms with Gasteiger partial charge in [-0.1, -0.05) is 18.2 Å². The number of anilines is 1. The molecule has 0 atom stereocenters. The molecule has 0 saturated heterocycles. The predicted molar refractivity (Wildman–Crippen MR) is 102 cm³/mol. The second-order valence-electron chi connectivity index (χ2n) is 6.27. The Morgan fingerprint density at radius 2 is 1.71 bits per heavy atom. The molecular weight excluding hydrogens is 387 g/mol. The summed E-state index contributed by atoms with van der Waals surface area (Å²) in [4.78, 5) is 23.6. The first-order valence-electron chi connectivity index (χ1n) is 8.37. The Balaban J connectivity index is 1.85. The van der Waals surface area contributed by atoms with Crippen LogP contribution in [0, 0.1) is 26.6 Å². The fourth-order valence-corrected chi connectivity index (χ4v) is 3.59. The lowest BCUT2D eigenvalue weighted by Crippen LogP contribution is -2.32. The molecule has 9 heteroatoms. The third-order valence-corrected chi connectivity index (χ3v) is 5.40. The van der Waals surface area contributed by atoms with E-state index in [9.17, 15) is 22.4 Å². The topological polar surface area (TPSA) is 102 Å². The van der Waals surface area contributed by atoms with Crippen molar-refractivity contribution in [3.63, 3.8) is 0 Å². The lowest BCUT2D eigenvalue weighted by molar-refractivity contribution is -0.146. The van der Waals surface area contributed by atoms with Gasteiger partial charge in [-0.2, -0.15) is 4.72 Å². The number of hydrogen-bond donors (Lipinski definition) is 2. The standard InChI is InChI=1S/C19H21FN2O5S/c1-12-4-5-14(3)17(8-12)28(25,26)21-10-19(24)27-11-18(23)22-15-7-6-13(2)16(20)9-15/h4-9,21H,10-11H2,1-3H3,(H,22,23). The number of aryl methyl sites for hydroxylation is 3. The quantitative estimate of drug-likeness (QED) is 0.684. The van der Waals surface area contributed by atoms with Crippen LogP contribution in [-0.4, -0.2) is 33.4 Å². The van der Waals surface area contributed by atoms with E-state index in [1.807, 2.05) is 0 Å². The number of carbonyl (C=O) groups is 2. The number of ether oxygens (including phenoxy) is 1. The molecule has 2 aromatic carbocycles. The highest BCUT2D eigenvalue weighted by Crippen LogP contribution is 2.16. The average molecular weight is 408 g/mol. The molecule has 28 heavy (non-hydrogen) atoms. The summed E-state index contributed by atoms with van der Waals surface area (Å²) in [7, 11) is -3.90. The van der Waals surface area contributed by atoms with E-state index in [4.69, 9.17) is 4.74 Å². The molecule has 0 aliphatic heterocycles. The van der Waals surface area contributed by atoms with Crippen LogP contribution in [0.3, 0.4) is 0 Å². The molecule has 0 aromatic heterocycles. The Kier molecular flexibility index (Phi) is 6.87. The van der Waals surface area contributed by atoms with Crippen LogP contribution in [0.1, 0.15) is 16.7 Å². The first kappa shape index (κ1) is 21.5. The molecule has 0 heterocycles. The summed E-state index contributed by atoms with van der Waals surface area (Å²) in [5.41, 5.74) is 1.95. The number of amides is 1. The van der Waals surface area contributed by atoms with Crippen molar-refractivity contribution >= 4 is 27.6 Å². The summed E-state index contributed by atoms with van der Waals surface area (Å²) in [6.45, 7) is 3.74. The Morgan fingerprint density at radius 3 is 2.39 bits per heavy atom. The number of hydrogen-bond acceptors (Lipinski definition) is 5. The number of rotatable bonds is 7. The highest BCUT2D eigenvalue weighted by molar-refractivity contribution is 7.89. The number of carbonyl (C=O) groups excluding carboxylic acids is 2. The summed E-state index contributed by atoms with van der Waals surface area (Å²) in [6.07, 6.45) is 0. The highest BCUT2D eigenvalue weighted by Gasteiger charge is 2.19. The maximum absolute atomic E-state index is 13.4. The molecule has 0 radical (unpaired) electrons. The van der Waals surface area contributed by atoms with Gasteiger partial charge in [-0.3, -0.25) is 9.59 Å². The second kappa shape index (κ2) is 8.94. The zero-order valence-corrected chi connectivity index (χ0v) is 16.5. The number of halogens is 1. The zero-order valence-electron chi connectivity index (χ0n) is 15.7. The third-order valence-electron chi connectivity index (χ3n) is 3.86. The van der Waals surface area contributed by atoms with Gasteiger partial charge in [0.2, 0.25) is 10.0 Å². The normalized spacial score (nSPS) is 11.1. The smallest absolute Gasteiger partial charge is 0.321 e. The largest absolute Gasteiger partial charge is 0.455 e. The molecule has 0 unspecified atom stereocenters. The summed E-state index contributed by atoms with van der Waals surface area (Å²) < 4.78 is 45.0. The third kappa shape index (κ3) is 5.86. The number of nitrogens with one attached hydrogen (secondary N) is 2. The second-order valence-corrected chi connectivity index (χ2v) is 8.00. The molecule has 0 aliphatic carbocycles. The summed E-state index contributed by atoms with van der Waals surface area (Å²) in [5, 5.41) is 2.38. The van der Waals surface area contributed by atoms with E-state index in [0.717, 1.165) is 11.6 Å². The Labute approximate surface area is 163 Å². The van der Waals surface area contributed by atoms with Crippen molar-refractivity contribution in [3.8, 4) is 0 Å². The molecule has 2 N–H and O–H groups in total. The first-order valence-corrected chi connectivity index (χ1v) is 9.85. The van der Waals surface area contributed by atoms with Gasteiger partial charge in [0.25, 0.3) is 5.91 Å². The Hall–Kier alpha value is -2.78. The van der Waals surface area contributed by atoms with E-state index in [1.54, 1.807) is 32.9 Å². The molecule has 2 rings (SSSR count). The number of sulfonamides is 1. The molecule has 1 amide bonds. The van der Waals surface area contributed by atoms with Crippen molar-refractivity contribution in [1.82, 2.24) is 4.72 Å². The monoisotopic (exact) mass is 408 g/mol. The van der Waals surface area contributed by atoms with Crippen molar-refractivity contribution in [3.05, 3.63) is 58.9 Å². The number of benzene rings is 2. The zero-order chi connectivity index (χ0) is 20.9. The summed E-state index contributed by atoms with van der Waals surface area (Å²) >= 11 is 0. The van der Waals surface area contributed by atoms with Gasteiger partial charge in [0.05, 0.1) is 4.90 Å². The van der Waals surface area contributed by atoms with Gasteiger partial charge >= 0.3 is 5.97 Å². The SMILES string of the molecule is Cc1ccc(C)c(S(=O)(=O)NCC(=O)OCC(=O)Nc2ccc(C)c(F)c2)c1. The van der Waals surface area contributed by atoms with Crippen molar-refractivity contribution in [1.29, 1.82) is 0 Å². The fraction of sp³-hybridized carbons (Fsp3) is 0.263. The van der Waals surface area contributed by atoms with E-state index in [-0.39, 0.29) is 10.6 Å². The van der Waals surface area contributed by atoms with Crippen molar-refractivity contribution in [2.24, 2.45) is 0 Å². The van der Waals surface area contributed by atoms with Crippen LogP contribution < -0.4 is 10.0 Å². The Morgan fingerprint density at radius 1 is 1.04 bits per heavy atom. The predicted octanol–water partition coefficient (Wildman–Crippen LogP) is 2.21. The van der Waals surface area contributed by atoms with Crippen molar-refractivity contribution in [2.45, 2.75) is 25.7 Å². The lowest BCUT2D eigenvalue weighted by atomic mass is 10.2. The van der Waals surface area contributed by atoms with Crippen LogP contribution in [0.2, 0.25) is 0 Å². The van der Waals surface area contributed by atoms with Gasteiger partial charge in [-0.05, 0) is 55.7 Å². The first-order chi connectivity index (χ1) is 13.1. The molecule has 0 saturated carbocycles. The van der Waals surface area contributed by atoms with Crippen LogP contribution in [0.4, 0.5) is 10.1 Å². The molecule has 0 spiro atoms. The van der Waals surface area contributed by atoms with Crippen LogP contribution in [0.25, 0.3) is 0 Å². The van der Waals surface area contributed by atoms with E-state index in [1.165, 1.54) is 18.2 Å². The van der Waals surface area contributed by atoms with Gasteiger partial charge in [0.1, 0.15) is 12.4 Å². The van der Waals surface area contributed by atoms with Gasteiger partial charge in [0.15, 0.2) is 6.61 Å². The molecule has 2 aromatic rings. The van der Waals surface area contributed by atoms with Gasteiger partial charge in [-0.25, -0.2) is 12.8 Å². The average Bonchev–Trinajstić information content (AvgIpc) is 2.63. The Bertz CT molecular complexity index is 1010. The fourth-order valence-electron chi connectivity index (χ4n) is 2.29. The summed E-state index contributed by atoms with van der Waals surface area (Å²) in [6, 6.07) is 9.10. The highest BCUT2D eigenvalue weighted by atomic mass is 32.2. The van der Waals surface area contributed by atoms with Crippen molar-refractivity contribution in [2.75, 3.05) is 18.5 Å². The minimum absolute atomic E-state index is 0.0689. The summed E-state index contributed by atoms with van der Waals surface area (Å²) in [5.74, 6) is -2.07. The molecule has 0 aliphatic rings. The van der Waals surface area contributed by atoms with Gasteiger partial charge in [-0.15, -0.1) is 0 Å². The van der Waals surface area contributed by atoms with Crippen LogP contribution in [0.5, 0.6) is 0 Å². The maximum atomic E-state index is 13.4. The molecular formula is C19H21FN2O5S. The molecule has 150 valence electrons. The van der Waals surface area contributed by atoms with Crippen LogP contribution >= 0.6 is 0 Å². The minimum Gasteiger partial charge on any atom is -0.455 e. The van der Waals surface area contributed by atoms with Crippen molar-refractivity contribution < 1.29 is 27.1 Å². The number of esters is 1. The van der Waals surface area contributed by atoms with E-state index in [2.05, 4.69) is 10.0 Å². The molecule has 0 fully saturated rings. The van der Waals surface area contributed by atoms with E-state index >= 15 is 0 Å². The van der Waals surface area contributed by atoms with Gasteiger partial charge in [0, 0.05) is 5.69 Å². The lowest BCUT2D eigenvalue weighted by Gasteiger charge is -2.10. The molecule has 7 nitrogen and oxygen atoms in total. The minimum atomic E-state index is -3.90. The van der Waals surface area contributed by atoms with Gasteiger partial charge < -0.3 is 10.1 Å². The van der Waals surface area contributed by atoms with Crippen LogP contribution in [-0.2, 0) is 24.3 Å². The van der Waals surface area contributed by atoms with Crippen LogP contribution in [0.15, 0.2) is 41.3 Å².